The van der Waals surface area contributed by atoms with Gasteiger partial charge < -0.3 is 0 Å². The van der Waals surface area contributed by atoms with E-state index in [9.17, 15) is 0 Å². The standard InChI is InChI=1S/C16H24BrNS2Si/c1-5-6-7-8-9-12-10-14(21(2,3)4)20-15(12)16-18-13(17)11-19-16/h10-11H,5-9H2,1-4H3. The van der Waals surface area contributed by atoms with Gasteiger partial charge in [-0.2, -0.15) is 0 Å². The van der Waals surface area contributed by atoms with Crippen LogP contribution in [0.2, 0.25) is 19.6 Å². The lowest BCUT2D eigenvalue weighted by molar-refractivity contribution is 0.668. The highest BCUT2D eigenvalue weighted by Gasteiger charge is 2.23. The Labute approximate surface area is 146 Å². The average Bonchev–Trinajstić information content (AvgIpc) is 3.00. The van der Waals surface area contributed by atoms with Crippen LogP contribution < -0.4 is 4.50 Å². The Kier molecular flexibility index (Phi) is 6.23. The van der Waals surface area contributed by atoms with Crippen molar-refractivity contribution in [2.75, 3.05) is 0 Å². The predicted octanol–water partition coefficient (Wildman–Crippen LogP) is 6.30. The highest BCUT2D eigenvalue weighted by molar-refractivity contribution is 9.10. The lowest BCUT2D eigenvalue weighted by Crippen LogP contribution is -2.34. The summed E-state index contributed by atoms with van der Waals surface area (Å²) in [5.74, 6) is 0. The lowest BCUT2D eigenvalue weighted by Gasteiger charge is -2.12. The monoisotopic (exact) mass is 401 g/mol. The molecule has 0 aliphatic rings. The van der Waals surface area contributed by atoms with Gasteiger partial charge in [-0.05, 0) is 44.9 Å². The molecule has 0 aromatic carbocycles. The van der Waals surface area contributed by atoms with Gasteiger partial charge in [0, 0.05) is 5.38 Å². The van der Waals surface area contributed by atoms with Crippen LogP contribution in [0.5, 0.6) is 0 Å². The molecule has 0 aliphatic carbocycles. The fourth-order valence-electron chi connectivity index (χ4n) is 2.27. The Morgan fingerprint density at radius 2 is 1.95 bits per heavy atom. The van der Waals surface area contributed by atoms with Crippen molar-refractivity contribution in [1.29, 1.82) is 0 Å². The minimum absolute atomic E-state index is 0.961. The molecule has 2 aromatic heterocycles. The fraction of sp³-hybridized carbons (Fsp3) is 0.562. The molecule has 0 radical (unpaired) electrons. The van der Waals surface area contributed by atoms with Gasteiger partial charge in [0.1, 0.15) is 9.61 Å². The van der Waals surface area contributed by atoms with Crippen molar-refractivity contribution in [3.8, 4) is 9.88 Å². The summed E-state index contributed by atoms with van der Waals surface area (Å²) in [5, 5.41) is 3.27. The molecular formula is C16H24BrNS2Si. The van der Waals surface area contributed by atoms with Crippen LogP contribution >= 0.6 is 38.6 Å². The molecule has 2 rings (SSSR count). The first kappa shape index (κ1) is 17.4. The van der Waals surface area contributed by atoms with Crippen LogP contribution in [0.15, 0.2) is 16.0 Å². The second kappa shape index (κ2) is 7.53. The average molecular weight is 402 g/mol. The Morgan fingerprint density at radius 3 is 2.52 bits per heavy atom. The maximum absolute atomic E-state index is 4.64. The van der Waals surface area contributed by atoms with Crippen LogP contribution in [-0.2, 0) is 6.42 Å². The molecule has 2 aromatic rings. The van der Waals surface area contributed by atoms with Crippen LogP contribution in [0.4, 0.5) is 0 Å². The third kappa shape index (κ3) is 4.75. The van der Waals surface area contributed by atoms with E-state index in [0.717, 1.165) is 4.60 Å². The third-order valence-electron chi connectivity index (χ3n) is 3.52. The smallest absolute Gasteiger partial charge is 0.134 e. The van der Waals surface area contributed by atoms with E-state index in [4.69, 9.17) is 0 Å². The molecule has 0 N–H and O–H groups in total. The van der Waals surface area contributed by atoms with E-state index in [0.29, 0.717) is 0 Å². The molecule has 0 fully saturated rings. The van der Waals surface area contributed by atoms with Gasteiger partial charge in [-0.3, -0.25) is 0 Å². The summed E-state index contributed by atoms with van der Waals surface area (Å²) < 4.78 is 2.57. The van der Waals surface area contributed by atoms with Crippen LogP contribution in [-0.4, -0.2) is 13.1 Å². The van der Waals surface area contributed by atoms with Gasteiger partial charge >= 0.3 is 0 Å². The van der Waals surface area contributed by atoms with Gasteiger partial charge in [-0.25, -0.2) is 4.98 Å². The van der Waals surface area contributed by atoms with E-state index < -0.39 is 8.07 Å². The van der Waals surface area contributed by atoms with Crippen molar-refractivity contribution in [2.45, 2.75) is 58.7 Å². The van der Waals surface area contributed by atoms with E-state index >= 15 is 0 Å². The number of aryl methyl sites for hydroxylation is 1. The zero-order chi connectivity index (χ0) is 15.5. The van der Waals surface area contributed by atoms with Gasteiger partial charge in [-0.1, -0.05) is 45.8 Å². The van der Waals surface area contributed by atoms with Crippen LogP contribution in [0.3, 0.4) is 0 Å². The van der Waals surface area contributed by atoms with E-state index in [2.05, 4.69) is 58.9 Å². The molecule has 0 unspecified atom stereocenters. The van der Waals surface area contributed by atoms with E-state index in [1.807, 2.05) is 11.3 Å². The Morgan fingerprint density at radius 1 is 1.19 bits per heavy atom. The second-order valence-corrected chi connectivity index (χ2v) is 14.6. The van der Waals surface area contributed by atoms with E-state index in [1.54, 1.807) is 15.8 Å². The zero-order valence-corrected chi connectivity index (χ0v) is 17.6. The molecule has 0 spiro atoms. The van der Waals surface area contributed by atoms with Gasteiger partial charge in [0.25, 0.3) is 0 Å². The molecular weight excluding hydrogens is 378 g/mol. The number of unbranched alkanes of at least 4 members (excludes halogenated alkanes) is 3. The molecule has 0 bridgehead atoms. The van der Waals surface area contributed by atoms with Gasteiger partial charge in [0.15, 0.2) is 0 Å². The molecule has 5 heteroatoms. The van der Waals surface area contributed by atoms with Crippen LogP contribution in [0.1, 0.15) is 38.2 Å². The normalized spacial score (nSPS) is 12.0. The highest BCUT2D eigenvalue weighted by atomic mass is 79.9. The molecule has 2 heterocycles. The van der Waals surface area contributed by atoms with Crippen LogP contribution in [0, 0.1) is 0 Å². The maximum Gasteiger partial charge on any atom is 0.134 e. The summed E-state index contributed by atoms with van der Waals surface area (Å²) >= 11 is 7.22. The highest BCUT2D eigenvalue weighted by Crippen LogP contribution is 2.34. The van der Waals surface area contributed by atoms with Crippen molar-refractivity contribution >= 4 is 51.2 Å². The van der Waals surface area contributed by atoms with Gasteiger partial charge in [0.2, 0.25) is 0 Å². The van der Waals surface area contributed by atoms with Crippen LogP contribution in [0.25, 0.3) is 9.88 Å². The molecule has 0 amide bonds. The molecule has 0 atom stereocenters. The molecule has 0 saturated carbocycles. The minimum Gasteiger partial charge on any atom is -0.228 e. The number of thiazole rings is 1. The quantitative estimate of drug-likeness (QED) is 0.391. The summed E-state index contributed by atoms with van der Waals surface area (Å²) in [6, 6.07) is 2.48. The summed E-state index contributed by atoms with van der Waals surface area (Å²) in [6.07, 6.45) is 6.50. The topological polar surface area (TPSA) is 12.9 Å². The fourth-order valence-corrected chi connectivity index (χ4v) is 6.75. The summed E-state index contributed by atoms with van der Waals surface area (Å²) in [5.41, 5.74) is 1.52. The van der Waals surface area contributed by atoms with Gasteiger partial charge in [-0.15, -0.1) is 22.7 Å². The first-order valence-electron chi connectivity index (χ1n) is 7.66. The number of halogens is 1. The number of rotatable bonds is 7. The predicted molar refractivity (Wildman–Crippen MR) is 104 cm³/mol. The molecule has 0 aliphatic heterocycles. The number of thiophene rings is 1. The maximum atomic E-state index is 4.64. The third-order valence-corrected chi connectivity index (χ3v) is 9.98. The molecule has 0 saturated heterocycles. The number of hydrogen-bond acceptors (Lipinski definition) is 3. The largest absolute Gasteiger partial charge is 0.228 e. The summed E-state index contributed by atoms with van der Waals surface area (Å²) in [7, 11) is -1.24. The lowest BCUT2D eigenvalue weighted by atomic mass is 10.1. The molecule has 21 heavy (non-hydrogen) atoms. The Bertz CT molecular complexity index is 583. The first-order chi connectivity index (χ1) is 9.91. The van der Waals surface area contributed by atoms with Crippen molar-refractivity contribution < 1.29 is 0 Å². The van der Waals surface area contributed by atoms with E-state index in [1.165, 1.54) is 47.6 Å². The summed E-state index contributed by atoms with van der Waals surface area (Å²) in [4.78, 5) is 6.06. The van der Waals surface area contributed by atoms with Gasteiger partial charge in [0.05, 0.1) is 13.0 Å². The van der Waals surface area contributed by atoms with E-state index in [-0.39, 0.29) is 0 Å². The second-order valence-electron chi connectivity index (χ2n) is 6.50. The molecule has 1 nitrogen and oxygen atoms in total. The van der Waals surface area contributed by atoms with Crippen molar-refractivity contribution in [1.82, 2.24) is 4.98 Å². The van der Waals surface area contributed by atoms with Crippen molar-refractivity contribution in [3.63, 3.8) is 0 Å². The molecule has 116 valence electrons. The van der Waals surface area contributed by atoms with Crippen molar-refractivity contribution in [3.05, 3.63) is 21.6 Å². The SMILES string of the molecule is CCCCCCc1cc([Si](C)(C)C)sc1-c1nc(Br)cs1. The number of nitrogens with zero attached hydrogens (tertiary/aromatic N) is 1. The summed E-state index contributed by atoms with van der Waals surface area (Å²) in [6.45, 7) is 9.57. The Balaban J connectivity index is 2.26. The van der Waals surface area contributed by atoms with Crippen molar-refractivity contribution in [2.24, 2.45) is 0 Å². The zero-order valence-electron chi connectivity index (χ0n) is 13.3. The minimum atomic E-state index is -1.24. The Hall–Kier alpha value is 0.0269. The number of aromatic nitrogens is 1. The first-order valence-corrected chi connectivity index (χ1v) is 13.7. The number of hydrogen-bond donors (Lipinski definition) is 0.